The Bertz CT molecular complexity index is 515. The second kappa shape index (κ2) is 3.48. The van der Waals surface area contributed by atoms with Gasteiger partial charge < -0.3 is 15.5 Å². The van der Waals surface area contributed by atoms with Crippen LogP contribution in [0.4, 0.5) is 5.82 Å². The highest BCUT2D eigenvalue weighted by molar-refractivity contribution is 5.92. The third-order valence-electron chi connectivity index (χ3n) is 3.28. The van der Waals surface area contributed by atoms with Crippen molar-refractivity contribution in [3.05, 3.63) is 36.8 Å². The second-order valence-electron chi connectivity index (χ2n) is 4.43. The summed E-state index contributed by atoms with van der Waals surface area (Å²) in [5, 5.41) is 5.84. The molecule has 2 aliphatic heterocycles. The van der Waals surface area contributed by atoms with Crippen LogP contribution < -0.4 is 15.5 Å². The molecule has 17 heavy (non-hydrogen) atoms. The molecule has 1 spiro atoms. The summed E-state index contributed by atoms with van der Waals surface area (Å²) in [7, 11) is 0. The number of aromatic nitrogens is 1. The average Bonchev–Trinajstić information content (AvgIpc) is 2.86. The molecule has 0 radical (unpaired) electrons. The minimum absolute atomic E-state index is 0.0212. The van der Waals surface area contributed by atoms with Gasteiger partial charge in [-0.25, -0.2) is 4.98 Å². The third-order valence-corrected chi connectivity index (χ3v) is 3.28. The van der Waals surface area contributed by atoms with E-state index < -0.39 is 5.54 Å². The van der Waals surface area contributed by atoms with E-state index in [4.69, 9.17) is 1.37 Å². The molecule has 2 saturated heterocycles. The zero-order chi connectivity index (χ0) is 12.8. The van der Waals surface area contributed by atoms with E-state index in [1.165, 1.54) is 6.20 Å². The lowest BCUT2D eigenvalue weighted by Crippen LogP contribution is -2.48. The molecular weight excluding hydrogens is 216 g/mol. The summed E-state index contributed by atoms with van der Waals surface area (Å²) < 4.78 is 7.41. The maximum Gasteiger partial charge on any atom is 0.253 e. The molecule has 0 bridgehead atoms. The molecule has 0 saturated carbocycles. The van der Waals surface area contributed by atoms with E-state index >= 15 is 0 Å². The minimum Gasteiger partial charge on any atom is -0.356 e. The van der Waals surface area contributed by atoms with Crippen molar-refractivity contribution < 1.29 is 6.17 Å². The zero-order valence-corrected chi connectivity index (χ0v) is 9.36. The van der Waals surface area contributed by atoms with Crippen molar-refractivity contribution in [1.82, 2.24) is 15.6 Å². The maximum absolute atomic E-state index is 11.9. The Hall–Kier alpha value is -2.04. The van der Waals surface area contributed by atoms with Gasteiger partial charge in [0.15, 0.2) is 0 Å². The molecule has 1 atom stereocenters. The van der Waals surface area contributed by atoms with E-state index in [0.717, 1.165) is 18.8 Å². The zero-order valence-electron chi connectivity index (χ0n) is 10.4. The fourth-order valence-corrected chi connectivity index (χ4v) is 2.43. The number of pyridine rings is 1. The number of carbonyl (C=O) groups is 1. The number of hydrogen-bond acceptors (Lipinski definition) is 4. The average molecular weight is 232 g/mol. The van der Waals surface area contributed by atoms with Gasteiger partial charge in [0, 0.05) is 12.7 Å². The van der Waals surface area contributed by atoms with Crippen LogP contribution >= 0.6 is 0 Å². The molecule has 5 nitrogen and oxygen atoms in total. The lowest BCUT2D eigenvalue weighted by Gasteiger charge is -2.22. The van der Waals surface area contributed by atoms with Crippen LogP contribution in [0.1, 0.15) is 7.79 Å². The molecule has 1 aromatic rings. The van der Waals surface area contributed by atoms with Crippen LogP contribution in [-0.4, -0.2) is 29.5 Å². The summed E-state index contributed by atoms with van der Waals surface area (Å²) in [6, 6.07) is 3.90. The van der Waals surface area contributed by atoms with Gasteiger partial charge in [-0.3, -0.25) is 4.79 Å². The van der Waals surface area contributed by atoms with Crippen LogP contribution in [0.15, 0.2) is 36.8 Å². The van der Waals surface area contributed by atoms with Gasteiger partial charge in [0.2, 0.25) is 0 Å². The fourth-order valence-electron chi connectivity index (χ4n) is 2.43. The first-order valence-corrected chi connectivity index (χ1v) is 5.55. The van der Waals surface area contributed by atoms with Gasteiger partial charge in [0.05, 0.1) is 13.7 Å². The molecule has 1 amide bonds. The number of carbonyl (C=O) groups excluding carboxylic acids is 1. The SMILES string of the molecule is [3H]c1ccc(N2CCC3(C2)NC(=C)NC3=O)nc1. The molecule has 2 fully saturated rings. The van der Waals surface area contributed by atoms with Gasteiger partial charge >= 0.3 is 0 Å². The first-order valence-electron chi connectivity index (χ1n) is 6.05. The van der Waals surface area contributed by atoms with Gasteiger partial charge in [-0.1, -0.05) is 12.6 Å². The standard InChI is InChI=1S/C12H14N4O/c1-9-14-11(17)12(15-9)5-7-16(8-12)10-4-2-3-6-13-10/h2-4,6,15H,1,5,7-8H2,(H,14,17)/i3T. The first kappa shape index (κ1) is 9.04. The van der Waals surface area contributed by atoms with Gasteiger partial charge in [-0.15, -0.1) is 0 Å². The van der Waals surface area contributed by atoms with Crippen molar-refractivity contribution in [2.75, 3.05) is 18.0 Å². The van der Waals surface area contributed by atoms with E-state index in [2.05, 4.69) is 22.2 Å². The van der Waals surface area contributed by atoms with E-state index in [0.29, 0.717) is 18.4 Å². The highest BCUT2D eigenvalue weighted by Gasteiger charge is 2.49. The molecule has 0 aliphatic carbocycles. The summed E-state index contributed by atoms with van der Waals surface area (Å²) >= 11 is 0. The van der Waals surface area contributed by atoms with Crippen molar-refractivity contribution in [3.63, 3.8) is 0 Å². The fraction of sp³-hybridized carbons (Fsp3) is 0.333. The molecule has 1 unspecified atom stereocenters. The quantitative estimate of drug-likeness (QED) is 0.727. The van der Waals surface area contributed by atoms with Crippen molar-refractivity contribution in [2.24, 2.45) is 0 Å². The smallest absolute Gasteiger partial charge is 0.253 e. The Kier molecular flexibility index (Phi) is 1.85. The van der Waals surface area contributed by atoms with E-state index in [1.54, 1.807) is 6.07 Å². The molecule has 3 rings (SSSR count). The molecule has 0 aromatic carbocycles. The Balaban J connectivity index is 1.81. The number of anilines is 1. The minimum atomic E-state index is -0.571. The van der Waals surface area contributed by atoms with Gasteiger partial charge in [0.1, 0.15) is 11.4 Å². The molecule has 5 heteroatoms. The first-order chi connectivity index (χ1) is 8.59. The lowest BCUT2D eigenvalue weighted by molar-refractivity contribution is -0.123. The predicted molar refractivity (Wildman–Crippen MR) is 64.2 cm³/mol. The summed E-state index contributed by atoms with van der Waals surface area (Å²) in [6.45, 7) is 5.06. The van der Waals surface area contributed by atoms with Crippen LogP contribution in [0.5, 0.6) is 0 Å². The highest BCUT2D eigenvalue weighted by Crippen LogP contribution is 2.28. The number of rotatable bonds is 1. The maximum atomic E-state index is 11.9. The molecular formula is C12H14N4O. The van der Waals surface area contributed by atoms with E-state index in [1.807, 2.05) is 11.0 Å². The number of hydrogen-bond donors (Lipinski definition) is 2. The Morgan fingerprint density at radius 1 is 1.65 bits per heavy atom. The summed E-state index contributed by atoms with van der Waals surface area (Å²) in [4.78, 5) is 18.2. The molecule has 2 aliphatic rings. The third kappa shape index (κ3) is 1.54. The number of amides is 1. The summed E-state index contributed by atoms with van der Waals surface area (Å²) in [5.74, 6) is 1.35. The van der Waals surface area contributed by atoms with Gasteiger partial charge in [-0.2, -0.15) is 0 Å². The van der Waals surface area contributed by atoms with Crippen molar-refractivity contribution in [2.45, 2.75) is 12.0 Å². The number of nitrogens with zero attached hydrogens (tertiary/aromatic N) is 2. The topological polar surface area (TPSA) is 57.3 Å². The number of nitrogens with one attached hydrogen (secondary N) is 2. The Morgan fingerprint density at radius 2 is 2.53 bits per heavy atom. The van der Waals surface area contributed by atoms with Crippen LogP contribution in [0, 0.1) is 0 Å². The lowest BCUT2D eigenvalue weighted by atomic mass is 9.99. The normalized spacial score (nSPS) is 28.2. The Morgan fingerprint density at radius 3 is 3.18 bits per heavy atom. The van der Waals surface area contributed by atoms with E-state index in [9.17, 15) is 4.79 Å². The highest BCUT2D eigenvalue weighted by atomic mass is 16.2. The van der Waals surface area contributed by atoms with Gasteiger partial charge in [0.25, 0.3) is 5.91 Å². The van der Waals surface area contributed by atoms with Crippen LogP contribution in [-0.2, 0) is 4.79 Å². The molecule has 88 valence electrons. The monoisotopic (exact) mass is 232 g/mol. The summed E-state index contributed by atoms with van der Waals surface area (Å²) in [6.07, 6.45) is 2.24. The molecule has 1 aromatic heterocycles. The van der Waals surface area contributed by atoms with Crippen molar-refractivity contribution >= 4 is 11.7 Å². The van der Waals surface area contributed by atoms with Crippen LogP contribution in [0.3, 0.4) is 0 Å². The molecule has 3 heterocycles. The van der Waals surface area contributed by atoms with E-state index in [-0.39, 0.29) is 5.91 Å². The second-order valence-corrected chi connectivity index (χ2v) is 4.43. The summed E-state index contributed by atoms with van der Waals surface area (Å²) in [5.41, 5.74) is -0.571. The Labute approximate surface area is 101 Å². The van der Waals surface area contributed by atoms with Crippen LogP contribution in [0.2, 0.25) is 0 Å². The largest absolute Gasteiger partial charge is 0.356 e. The predicted octanol–water partition coefficient (Wildman–Crippen LogP) is 0.221. The van der Waals surface area contributed by atoms with Crippen LogP contribution in [0.25, 0.3) is 0 Å². The van der Waals surface area contributed by atoms with Crippen molar-refractivity contribution in [3.8, 4) is 0 Å². The molecule has 2 N–H and O–H groups in total. The van der Waals surface area contributed by atoms with Crippen molar-refractivity contribution in [1.29, 1.82) is 0 Å². The van der Waals surface area contributed by atoms with Gasteiger partial charge in [-0.05, 0) is 18.5 Å².